The Labute approximate surface area is 137 Å². The van der Waals surface area contributed by atoms with Crippen LogP contribution in [0.2, 0.25) is 0 Å². The average molecular weight is 327 g/mol. The van der Waals surface area contributed by atoms with Gasteiger partial charge in [0.15, 0.2) is 5.13 Å². The minimum atomic E-state index is -0.257. The van der Waals surface area contributed by atoms with E-state index in [1.807, 2.05) is 32.9 Å². The molecule has 118 valence electrons. The molecule has 0 spiro atoms. The molecule has 3 rings (SSSR count). The van der Waals surface area contributed by atoms with E-state index in [9.17, 15) is 9.59 Å². The minimum absolute atomic E-state index is 0.0287. The Bertz CT molecular complexity index is 943. The molecule has 5 nitrogen and oxygen atoms in total. The number of amides is 1. The molecule has 0 atom stereocenters. The molecule has 3 aromatic rings. The fraction of sp³-hybridized carbons (Fsp3) is 0.235. The van der Waals surface area contributed by atoms with Crippen LogP contribution in [-0.4, -0.2) is 15.5 Å². The average Bonchev–Trinajstić information content (AvgIpc) is 2.96. The Morgan fingerprint density at radius 1 is 1.22 bits per heavy atom. The van der Waals surface area contributed by atoms with E-state index in [0.29, 0.717) is 5.13 Å². The number of rotatable bonds is 3. The van der Waals surface area contributed by atoms with Gasteiger partial charge in [0, 0.05) is 23.0 Å². The van der Waals surface area contributed by atoms with Crippen LogP contribution in [-0.2, 0) is 11.3 Å². The predicted molar refractivity (Wildman–Crippen MR) is 93.2 cm³/mol. The lowest BCUT2D eigenvalue weighted by Crippen LogP contribution is -2.28. The van der Waals surface area contributed by atoms with Crippen molar-refractivity contribution in [2.24, 2.45) is 0 Å². The van der Waals surface area contributed by atoms with E-state index in [0.717, 1.165) is 27.6 Å². The van der Waals surface area contributed by atoms with Crippen molar-refractivity contribution in [2.75, 3.05) is 5.32 Å². The van der Waals surface area contributed by atoms with Crippen LogP contribution in [0.3, 0.4) is 0 Å². The third-order valence-electron chi connectivity index (χ3n) is 3.73. The number of carbonyl (C=O) groups excluding carboxylic acids is 1. The summed E-state index contributed by atoms with van der Waals surface area (Å²) in [5.74, 6) is -0.257. The second-order valence-corrected chi connectivity index (χ2v) is 6.51. The molecule has 0 radical (unpaired) electrons. The molecule has 0 bridgehead atoms. The molecule has 0 aliphatic heterocycles. The number of hydrogen-bond donors (Lipinski definition) is 1. The number of fused-ring (bicyclic) bond motifs is 1. The fourth-order valence-corrected chi connectivity index (χ4v) is 3.36. The Balaban J connectivity index is 2.06. The minimum Gasteiger partial charge on any atom is -0.300 e. The SMILES string of the molecule is Cc1cc(C)c2c(c1)c(C)cc(=O)n2CC(=O)Nc1nccs1. The van der Waals surface area contributed by atoms with Crippen molar-refractivity contribution in [3.05, 3.63) is 56.8 Å². The van der Waals surface area contributed by atoms with E-state index in [4.69, 9.17) is 0 Å². The van der Waals surface area contributed by atoms with E-state index in [1.165, 1.54) is 15.9 Å². The highest BCUT2D eigenvalue weighted by atomic mass is 32.1. The molecule has 0 unspecified atom stereocenters. The van der Waals surface area contributed by atoms with Gasteiger partial charge >= 0.3 is 0 Å². The summed E-state index contributed by atoms with van der Waals surface area (Å²) in [6.07, 6.45) is 1.63. The summed E-state index contributed by atoms with van der Waals surface area (Å²) in [4.78, 5) is 28.7. The Hall–Kier alpha value is -2.47. The Kier molecular flexibility index (Phi) is 4.00. The van der Waals surface area contributed by atoms with Gasteiger partial charge in [0.25, 0.3) is 5.56 Å². The molecule has 0 saturated carbocycles. The first-order valence-electron chi connectivity index (χ1n) is 7.26. The zero-order valence-corrected chi connectivity index (χ0v) is 14.0. The van der Waals surface area contributed by atoms with E-state index >= 15 is 0 Å². The van der Waals surface area contributed by atoms with Crippen LogP contribution in [0.4, 0.5) is 5.13 Å². The smallest absolute Gasteiger partial charge is 0.251 e. The fourth-order valence-electron chi connectivity index (χ4n) is 2.81. The van der Waals surface area contributed by atoms with Crippen molar-refractivity contribution in [3.8, 4) is 0 Å². The molecule has 1 amide bonds. The summed E-state index contributed by atoms with van der Waals surface area (Å²) in [5.41, 5.74) is 3.69. The number of nitrogens with one attached hydrogen (secondary N) is 1. The normalized spacial score (nSPS) is 10.9. The summed E-state index contributed by atoms with van der Waals surface area (Å²) in [6.45, 7) is 5.88. The van der Waals surface area contributed by atoms with E-state index in [-0.39, 0.29) is 18.0 Å². The van der Waals surface area contributed by atoms with Crippen LogP contribution in [0.1, 0.15) is 16.7 Å². The van der Waals surface area contributed by atoms with Gasteiger partial charge in [-0.3, -0.25) is 14.2 Å². The number of aromatic nitrogens is 2. The van der Waals surface area contributed by atoms with Gasteiger partial charge in [0.2, 0.25) is 5.91 Å². The largest absolute Gasteiger partial charge is 0.300 e. The number of aryl methyl sites for hydroxylation is 3. The quantitative estimate of drug-likeness (QED) is 0.804. The van der Waals surface area contributed by atoms with Crippen LogP contribution >= 0.6 is 11.3 Å². The number of thiazole rings is 1. The second kappa shape index (κ2) is 5.96. The number of hydrogen-bond acceptors (Lipinski definition) is 4. The van der Waals surface area contributed by atoms with Crippen LogP contribution in [0.25, 0.3) is 10.9 Å². The molecule has 0 saturated heterocycles. The monoisotopic (exact) mass is 327 g/mol. The standard InChI is InChI=1S/C17H17N3O2S/c1-10-6-12(3)16-13(7-10)11(2)8-15(22)20(16)9-14(21)19-17-18-4-5-23-17/h4-8H,9H2,1-3H3,(H,18,19,21). The maximum atomic E-state index is 12.4. The summed E-state index contributed by atoms with van der Waals surface area (Å²) < 4.78 is 1.53. The number of benzene rings is 1. The number of anilines is 1. The molecule has 0 aliphatic rings. The summed E-state index contributed by atoms with van der Waals surface area (Å²) >= 11 is 1.35. The third-order valence-corrected chi connectivity index (χ3v) is 4.41. The first-order valence-corrected chi connectivity index (χ1v) is 8.14. The maximum absolute atomic E-state index is 12.4. The zero-order valence-electron chi connectivity index (χ0n) is 13.2. The highest BCUT2D eigenvalue weighted by molar-refractivity contribution is 7.13. The third kappa shape index (κ3) is 3.03. The van der Waals surface area contributed by atoms with E-state index < -0.39 is 0 Å². The first-order chi connectivity index (χ1) is 11.0. The summed E-state index contributed by atoms with van der Waals surface area (Å²) in [6, 6.07) is 5.65. The van der Waals surface area contributed by atoms with Crippen molar-refractivity contribution in [1.82, 2.24) is 9.55 Å². The maximum Gasteiger partial charge on any atom is 0.251 e. The second-order valence-electron chi connectivity index (χ2n) is 5.62. The van der Waals surface area contributed by atoms with Crippen molar-refractivity contribution in [2.45, 2.75) is 27.3 Å². The lowest BCUT2D eigenvalue weighted by Gasteiger charge is -2.14. The Morgan fingerprint density at radius 2 is 2.00 bits per heavy atom. The van der Waals surface area contributed by atoms with Gasteiger partial charge in [0.1, 0.15) is 6.54 Å². The van der Waals surface area contributed by atoms with Crippen LogP contribution < -0.4 is 10.9 Å². The van der Waals surface area contributed by atoms with Crippen molar-refractivity contribution in [1.29, 1.82) is 0 Å². The number of carbonyl (C=O) groups is 1. The van der Waals surface area contributed by atoms with Gasteiger partial charge < -0.3 is 5.32 Å². The number of pyridine rings is 1. The van der Waals surface area contributed by atoms with Gasteiger partial charge in [-0.2, -0.15) is 0 Å². The molecule has 1 N–H and O–H groups in total. The van der Waals surface area contributed by atoms with E-state index in [2.05, 4.69) is 10.3 Å². The lowest BCUT2D eigenvalue weighted by molar-refractivity contribution is -0.116. The summed E-state index contributed by atoms with van der Waals surface area (Å²) in [7, 11) is 0. The molecular formula is C17H17N3O2S. The van der Waals surface area contributed by atoms with Gasteiger partial charge in [0.05, 0.1) is 5.52 Å². The Morgan fingerprint density at radius 3 is 2.70 bits per heavy atom. The molecule has 2 aromatic heterocycles. The van der Waals surface area contributed by atoms with Gasteiger partial charge in [-0.15, -0.1) is 11.3 Å². The van der Waals surface area contributed by atoms with Crippen molar-refractivity contribution < 1.29 is 4.79 Å². The first kappa shape index (κ1) is 15.4. The van der Waals surface area contributed by atoms with Crippen LogP contribution in [0.5, 0.6) is 0 Å². The van der Waals surface area contributed by atoms with E-state index in [1.54, 1.807) is 17.6 Å². The predicted octanol–water partition coefficient (Wildman–Crippen LogP) is 3.02. The highest BCUT2D eigenvalue weighted by Gasteiger charge is 2.13. The van der Waals surface area contributed by atoms with Gasteiger partial charge in [-0.1, -0.05) is 11.6 Å². The molecule has 0 aliphatic carbocycles. The van der Waals surface area contributed by atoms with Crippen molar-refractivity contribution in [3.63, 3.8) is 0 Å². The molecule has 6 heteroatoms. The molecule has 0 fully saturated rings. The molecule has 23 heavy (non-hydrogen) atoms. The topological polar surface area (TPSA) is 64.0 Å². The molecular weight excluding hydrogens is 310 g/mol. The van der Waals surface area contributed by atoms with Crippen LogP contribution in [0, 0.1) is 20.8 Å². The summed E-state index contributed by atoms with van der Waals surface area (Å²) in [5, 5.41) is 6.04. The number of nitrogens with zero attached hydrogens (tertiary/aromatic N) is 2. The van der Waals surface area contributed by atoms with Crippen LogP contribution in [0.15, 0.2) is 34.6 Å². The van der Waals surface area contributed by atoms with Crippen molar-refractivity contribution >= 4 is 33.3 Å². The van der Waals surface area contributed by atoms with Gasteiger partial charge in [-0.05, 0) is 38.0 Å². The van der Waals surface area contributed by atoms with Gasteiger partial charge in [-0.25, -0.2) is 4.98 Å². The molecule has 2 heterocycles. The lowest BCUT2D eigenvalue weighted by atomic mass is 10.0. The highest BCUT2D eigenvalue weighted by Crippen LogP contribution is 2.22. The molecule has 1 aromatic carbocycles. The zero-order chi connectivity index (χ0) is 16.6.